The Labute approximate surface area is 592 Å². The van der Waals surface area contributed by atoms with Gasteiger partial charge in [-0.25, -0.2) is 4.79 Å². The molecule has 2 fully saturated rings. The van der Waals surface area contributed by atoms with Crippen LogP contribution in [0.4, 0.5) is 0 Å². The zero-order chi connectivity index (χ0) is 59.7. The standard InChI is InChI=1S/2C33H52N2O6.K.4H2S/c2*1-2-3-4-5-6-7-8-9-10-11-12-13-14-17-32(39)35-24-15-16-29(35)30(37)22-23-31(38)34-28(33(40)41)25-26-18-20-27(36)21-19-26;;;;;/h2*18-21,28-29,36H,2-17,22-25H2,1H3,(H,34,38)(H,40,41);;4*1H2/q;;+1;;;;/p-1/t2*28-,29-;;;;;/m00...../s1. The van der Waals surface area contributed by atoms with Crippen LogP contribution in [0.1, 0.15) is 256 Å². The molecule has 2 aromatic rings. The average molecular weight is 1320 g/mol. The molecule has 5 N–H and O–H groups in total. The first-order valence-electron chi connectivity index (χ1n) is 31.9. The smallest absolute Gasteiger partial charge is 0.548 e. The maximum Gasteiger partial charge on any atom is 1.00 e. The topological polar surface area (TPSA) is 251 Å². The van der Waals surface area contributed by atoms with Gasteiger partial charge < -0.3 is 45.7 Å². The third-order valence-electron chi connectivity index (χ3n) is 16.1. The van der Waals surface area contributed by atoms with Gasteiger partial charge in [0.1, 0.15) is 17.5 Å². The summed E-state index contributed by atoms with van der Waals surface area (Å²) in [6.07, 6.45) is 35.9. The minimum Gasteiger partial charge on any atom is -0.548 e. The fraction of sp³-hybridized carbons (Fsp3) is 0.697. The number of carboxylic acid groups (broad SMARTS) is 2. The molecule has 0 unspecified atom stereocenters. The summed E-state index contributed by atoms with van der Waals surface area (Å²) in [5.74, 6) is -3.76. The molecule has 2 aliphatic heterocycles. The number of amides is 4. The van der Waals surface area contributed by atoms with Gasteiger partial charge in [-0.05, 0) is 80.3 Å². The van der Waals surface area contributed by atoms with Crippen molar-refractivity contribution in [2.24, 2.45) is 0 Å². The molecule has 2 heterocycles. The Morgan fingerprint density at radius 2 is 0.736 bits per heavy atom. The van der Waals surface area contributed by atoms with Crippen molar-refractivity contribution in [3.05, 3.63) is 59.7 Å². The Morgan fingerprint density at radius 1 is 0.448 bits per heavy atom. The predicted molar refractivity (Wildman–Crippen MR) is 360 cm³/mol. The molecule has 2 saturated heterocycles. The molecule has 16 nitrogen and oxygen atoms in total. The Balaban J connectivity index is -0.00000153. The van der Waals surface area contributed by atoms with Crippen molar-refractivity contribution in [3.8, 4) is 11.5 Å². The summed E-state index contributed by atoms with van der Waals surface area (Å²) >= 11 is 0. The molecule has 4 atom stereocenters. The number of benzene rings is 2. The molecule has 0 aliphatic carbocycles. The van der Waals surface area contributed by atoms with Crippen LogP contribution in [0, 0.1) is 0 Å². The van der Waals surface area contributed by atoms with Crippen molar-refractivity contribution >= 4 is 101 Å². The molecule has 0 spiro atoms. The van der Waals surface area contributed by atoms with Gasteiger partial charge in [-0.1, -0.05) is 192 Å². The summed E-state index contributed by atoms with van der Waals surface area (Å²) in [7, 11) is 0. The van der Waals surface area contributed by atoms with Crippen LogP contribution in [0.2, 0.25) is 0 Å². The van der Waals surface area contributed by atoms with Gasteiger partial charge >= 0.3 is 57.4 Å². The number of nitrogens with zero attached hydrogens (tertiary/aromatic N) is 2. The predicted octanol–water partition coefficient (Wildman–Crippen LogP) is 8.77. The van der Waals surface area contributed by atoms with E-state index in [-0.39, 0.29) is 179 Å². The van der Waals surface area contributed by atoms with Crippen LogP contribution in [-0.4, -0.2) is 110 Å². The second-order valence-electron chi connectivity index (χ2n) is 23.0. The molecule has 2 aromatic carbocycles. The minimum atomic E-state index is -1.42. The molecule has 4 amide bonds. The number of carboxylic acids is 2. The maximum atomic E-state index is 12.9. The van der Waals surface area contributed by atoms with Crippen LogP contribution in [-0.2, 0) is 51.2 Å². The summed E-state index contributed by atoms with van der Waals surface area (Å²) in [6.45, 7) is 5.64. The monoisotopic (exact) mass is 1320 g/mol. The third kappa shape index (κ3) is 40.0. The maximum absolute atomic E-state index is 12.9. The van der Waals surface area contributed by atoms with Crippen LogP contribution < -0.4 is 67.1 Å². The number of hydrogen-bond donors (Lipinski definition) is 5. The molecule has 0 bridgehead atoms. The first-order valence-corrected chi connectivity index (χ1v) is 31.9. The number of aromatic hydroxyl groups is 2. The Hall–Kier alpha value is -2.76. The summed E-state index contributed by atoms with van der Waals surface area (Å²) in [6, 6.07) is 8.80. The van der Waals surface area contributed by atoms with E-state index in [0.717, 1.165) is 51.4 Å². The molecule has 0 aromatic heterocycles. The first-order chi connectivity index (χ1) is 39.6. The van der Waals surface area contributed by atoms with Crippen LogP contribution in [0.15, 0.2) is 48.5 Å². The van der Waals surface area contributed by atoms with Gasteiger partial charge in [0.05, 0.1) is 24.1 Å². The van der Waals surface area contributed by atoms with Crippen molar-refractivity contribution in [1.82, 2.24) is 20.4 Å². The molecule has 492 valence electrons. The van der Waals surface area contributed by atoms with E-state index in [1.165, 1.54) is 153 Å². The minimum absolute atomic E-state index is 0. The Morgan fingerprint density at radius 3 is 1.03 bits per heavy atom. The SMILES string of the molecule is CCCCCCCCCCCCCCCC(=O)N1CCC[C@H]1C(=O)CCC(=O)N[C@@H](Cc1ccc(O)cc1)C(=O)O.CCCCCCCCCCCCCCCC(=O)N1CCC[C@H]1C(=O)CCC(=O)N[C@@H](Cc1ccc(O)cc1)C(=O)[O-].S.S.S.S.[K+]. The van der Waals surface area contributed by atoms with Gasteiger partial charge in [0, 0.05) is 58.0 Å². The number of carbonyl (C=O) groups excluding carboxylic acids is 7. The van der Waals surface area contributed by atoms with E-state index in [9.17, 15) is 58.8 Å². The number of carbonyl (C=O) groups is 8. The Kier molecular flexibility index (Phi) is 55.8. The van der Waals surface area contributed by atoms with Gasteiger partial charge in [0.25, 0.3) is 0 Å². The van der Waals surface area contributed by atoms with Crippen molar-refractivity contribution in [2.75, 3.05) is 13.1 Å². The van der Waals surface area contributed by atoms with Crippen LogP contribution >= 0.6 is 54.0 Å². The molecular weight excluding hydrogens is 1210 g/mol. The molecule has 0 saturated carbocycles. The van der Waals surface area contributed by atoms with Gasteiger partial charge in [0.15, 0.2) is 11.6 Å². The van der Waals surface area contributed by atoms with E-state index >= 15 is 0 Å². The molecule has 4 rings (SSSR count). The number of nitrogens with one attached hydrogen (secondary N) is 2. The van der Waals surface area contributed by atoms with E-state index in [0.29, 0.717) is 49.9 Å². The van der Waals surface area contributed by atoms with Gasteiger partial charge in [-0.15, -0.1) is 0 Å². The summed E-state index contributed by atoms with van der Waals surface area (Å²) in [4.78, 5) is 103. The first kappa shape index (κ1) is 88.4. The summed E-state index contributed by atoms with van der Waals surface area (Å²) in [5.41, 5.74) is 1.28. The zero-order valence-corrected chi connectivity index (χ0v) is 60.2. The number of unbranched alkanes of at least 4 members (excludes halogenated alkanes) is 24. The number of hydrogen-bond acceptors (Lipinski definition) is 11. The second kappa shape index (κ2) is 54.9. The van der Waals surface area contributed by atoms with Crippen LogP contribution in [0.3, 0.4) is 0 Å². The fourth-order valence-corrected chi connectivity index (χ4v) is 11.1. The molecule has 21 heteroatoms. The number of Topliss-reactive ketones (excluding diaryl/α,β-unsaturated/α-hetero) is 2. The zero-order valence-electron chi connectivity index (χ0n) is 53.1. The van der Waals surface area contributed by atoms with E-state index in [1.54, 1.807) is 34.1 Å². The second-order valence-corrected chi connectivity index (χ2v) is 23.0. The Bertz CT molecular complexity index is 2050. The number of aliphatic carboxylic acids is 2. The van der Waals surface area contributed by atoms with Crippen LogP contribution in [0.25, 0.3) is 0 Å². The number of phenols is 2. The molecule has 0 radical (unpaired) electrons. The number of ketones is 2. The normalized spacial score (nSPS) is 14.6. The van der Waals surface area contributed by atoms with Gasteiger partial charge in [-0.2, -0.15) is 54.0 Å². The van der Waals surface area contributed by atoms with E-state index in [4.69, 9.17) is 0 Å². The number of likely N-dealkylation sites (tertiary alicyclic amines) is 2. The quantitative estimate of drug-likeness (QED) is 0.0309. The number of phenolic OH excluding ortho intramolecular Hbond substituents is 2. The summed E-state index contributed by atoms with van der Waals surface area (Å²) < 4.78 is 0. The van der Waals surface area contributed by atoms with E-state index < -0.39 is 47.9 Å². The fourth-order valence-electron chi connectivity index (χ4n) is 11.1. The van der Waals surface area contributed by atoms with E-state index in [2.05, 4.69) is 24.5 Å². The number of rotatable bonds is 44. The summed E-state index contributed by atoms with van der Waals surface area (Å²) in [5, 5.41) is 44.7. The van der Waals surface area contributed by atoms with E-state index in [1.807, 2.05) is 0 Å². The average Bonchev–Trinajstić information content (AvgIpc) is 4.42. The van der Waals surface area contributed by atoms with Crippen molar-refractivity contribution in [1.29, 1.82) is 0 Å². The van der Waals surface area contributed by atoms with Gasteiger partial charge in [-0.3, -0.25) is 28.8 Å². The molecule has 87 heavy (non-hydrogen) atoms. The van der Waals surface area contributed by atoms with Crippen molar-refractivity contribution < 1.29 is 110 Å². The third-order valence-corrected chi connectivity index (χ3v) is 16.1. The largest absolute Gasteiger partial charge is 1.00 e. The van der Waals surface area contributed by atoms with Crippen molar-refractivity contribution in [2.45, 2.75) is 282 Å². The molecular formula is C66H111KN4O12S4. The van der Waals surface area contributed by atoms with Crippen molar-refractivity contribution in [3.63, 3.8) is 0 Å². The van der Waals surface area contributed by atoms with Crippen LogP contribution in [0.5, 0.6) is 11.5 Å². The molecule has 2 aliphatic rings. The van der Waals surface area contributed by atoms with Gasteiger partial charge in [0.2, 0.25) is 23.6 Å².